The number of nitrogens with zero attached hydrogens (tertiary/aromatic N) is 1. The molecule has 1 rings (SSSR count). The Hall–Kier alpha value is 0.721. The van der Waals surface area contributed by atoms with Crippen molar-refractivity contribution in [3.05, 3.63) is 54.7 Å². The molecular formula is C23H45NORuSi4+. The quantitative estimate of drug-likeness (QED) is 0.190. The summed E-state index contributed by atoms with van der Waals surface area (Å²) < 4.78 is 11.8. The van der Waals surface area contributed by atoms with E-state index in [1.807, 2.05) is 0 Å². The summed E-state index contributed by atoms with van der Waals surface area (Å²) in [7, 11) is -3.41. The van der Waals surface area contributed by atoms with Crippen molar-refractivity contribution in [3.8, 4) is 0 Å². The standard InChI is InChI=1S/C11H27NSi4.C10H15.CO.CH3.Ru/c1-12-13-11(14(2,3)4,15(5,6)7)16(8,9)10;1-6-7(2)9(4)10(5)8(6)3;1-2;;/h2-10H3;1-5H3;;1H3;/q;;;-1;+2. The summed E-state index contributed by atoms with van der Waals surface area (Å²) in [5.41, 5.74) is 0. The normalized spacial score (nSPS) is 17.4. The molecule has 7 heteroatoms. The van der Waals surface area contributed by atoms with Gasteiger partial charge in [0.05, 0.1) is 24.2 Å². The maximum Gasteiger partial charge on any atom is 2.00 e. The molecule has 0 heterocycles. The molecule has 171 valence electrons. The summed E-state index contributed by atoms with van der Waals surface area (Å²) >= 11 is 0. The Bertz CT molecular complexity index is 460. The van der Waals surface area contributed by atoms with Gasteiger partial charge < -0.3 is 11.9 Å². The molecular weight excluding hydrogens is 520 g/mol. The molecule has 7 radical (unpaired) electrons. The molecule has 0 N–H and O–H groups in total. The fourth-order valence-corrected chi connectivity index (χ4v) is 37.1. The third-order valence-electron chi connectivity index (χ3n) is 6.41. The van der Waals surface area contributed by atoms with Crippen molar-refractivity contribution in [1.82, 2.24) is 0 Å². The second kappa shape index (κ2) is 14.1. The van der Waals surface area contributed by atoms with Crippen LogP contribution in [-0.2, 0) is 24.1 Å². The minimum atomic E-state index is -1.31. The molecule has 2 nitrogen and oxygen atoms in total. The average molecular weight is 565 g/mol. The van der Waals surface area contributed by atoms with Crippen molar-refractivity contribution in [2.45, 2.75) is 97.4 Å². The minimum Gasteiger partial charge on any atom is -0.358 e. The monoisotopic (exact) mass is 565 g/mol. The first-order valence-electron chi connectivity index (χ1n) is 9.90. The summed E-state index contributed by atoms with van der Waals surface area (Å²) in [6.45, 7) is 45.3. The molecule has 0 spiro atoms. The zero-order valence-corrected chi connectivity index (χ0v) is 27.9. The third-order valence-corrected chi connectivity index (χ3v) is 34.9. The van der Waals surface area contributed by atoms with E-state index in [1.165, 1.54) is 29.6 Å². The van der Waals surface area contributed by atoms with E-state index in [-0.39, 0.29) is 26.9 Å². The van der Waals surface area contributed by atoms with Crippen LogP contribution in [0.5, 0.6) is 0 Å². The Labute approximate surface area is 209 Å². The first kappa shape index (κ1) is 38.0. The van der Waals surface area contributed by atoms with E-state index < -0.39 is 24.2 Å². The van der Waals surface area contributed by atoms with Crippen LogP contribution in [0, 0.1) is 50.2 Å². The van der Waals surface area contributed by atoms with Crippen LogP contribution in [-0.4, -0.2) is 33.9 Å². The van der Waals surface area contributed by atoms with Gasteiger partial charge >= 0.3 is 40.5 Å². The Morgan fingerprint density at radius 1 is 0.633 bits per heavy atom. The van der Waals surface area contributed by atoms with E-state index in [2.05, 4.69) is 105 Å². The maximum atomic E-state index is 7.50. The molecule has 0 aromatic rings. The van der Waals surface area contributed by atoms with Crippen LogP contribution in [0.1, 0.15) is 34.6 Å². The number of hydrogen-bond acceptors (Lipinski definition) is 0. The largest absolute Gasteiger partial charge is 2.00 e. The van der Waals surface area contributed by atoms with Crippen LogP contribution in [0.3, 0.4) is 0 Å². The van der Waals surface area contributed by atoms with Gasteiger partial charge in [0.25, 0.3) is 0 Å². The second-order valence-corrected chi connectivity index (χ2v) is 30.8. The molecule has 1 fully saturated rings. The second-order valence-electron chi connectivity index (χ2n) is 10.8. The van der Waals surface area contributed by atoms with Crippen molar-refractivity contribution in [2.75, 3.05) is 0 Å². The number of hydrogen-bond donors (Lipinski definition) is 0. The maximum absolute atomic E-state index is 7.50. The summed E-state index contributed by atoms with van der Waals surface area (Å²) in [6, 6.07) is 0. The SMILES string of the molecule is C[C]1[C](C)[C](C)[C](C)[C]1C.[C-]#[N+][Si]C([Si](C)(C)C)([Si](C)(C)C)[Si](C)(C)C.[C-]#[O+].[CH3-].[Ru+2]. The van der Waals surface area contributed by atoms with E-state index >= 15 is 0 Å². The Morgan fingerprint density at radius 3 is 0.867 bits per heavy atom. The zero-order chi connectivity index (χ0) is 23.3. The molecule has 0 unspecified atom stereocenters. The van der Waals surface area contributed by atoms with Crippen molar-refractivity contribution < 1.29 is 24.1 Å². The first-order valence-corrected chi connectivity index (χ1v) is 21.3. The molecule has 0 atom stereocenters. The van der Waals surface area contributed by atoms with E-state index in [0.29, 0.717) is 13.6 Å². The molecule has 0 aliphatic heterocycles. The van der Waals surface area contributed by atoms with E-state index in [0.717, 1.165) is 0 Å². The van der Waals surface area contributed by atoms with Gasteiger partial charge in [-0.05, 0) is 29.6 Å². The van der Waals surface area contributed by atoms with Crippen LogP contribution < -0.4 is 0 Å². The van der Waals surface area contributed by atoms with Gasteiger partial charge in [0.2, 0.25) is 0 Å². The summed E-state index contributed by atoms with van der Waals surface area (Å²) in [6.07, 6.45) is 0. The molecule has 0 saturated heterocycles. The molecule has 1 saturated carbocycles. The molecule has 1 aliphatic rings. The van der Waals surface area contributed by atoms with Gasteiger partial charge in [0, 0.05) is 3.91 Å². The fourth-order valence-electron chi connectivity index (χ4n) is 5.37. The predicted octanol–water partition coefficient (Wildman–Crippen LogP) is 7.70. The van der Waals surface area contributed by atoms with Crippen LogP contribution in [0.25, 0.3) is 4.51 Å². The Kier molecular flexibility index (Phi) is 17.8. The van der Waals surface area contributed by atoms with Crippen LogP contribution in [0.2, 0.25) is 62.8 Å². The average Bonchev–Trinajstić information content (AvgIpc) is 2.69. The first-order chi connectivity index (χ1) is 12.4. The third kappa shape index (κ3) is 8.25. The molecule has 30 heavy (non-hydrogen) atoms. The predicted molar refractivity (Wildman–Crippen MR) is 140 cm³/mol. The smallest absolute Gasteiger partial charge is 0.358 e. The topological polar surface area (TPSA) is 24.3 Å². The van der Waals surface area contributed by atoms with E-state index in [9.17, 15) is 0 Å². The van der Waals surface area contributed by atoms with Gasteiger partial charge in [-0.1, -0.05) is 93.5 Å². The van der Waals surface area contributed by atoms with Gasteiger partial charge in [-0.2, -0.15) is 0 Å². The van der Waals surface area contributed by atoms with Crippen molar-refractivity contribution in [1.29, 1.82) is 0 Å². The van der Waals surface area contributed by atoms with Crippen molar-refractivity contribution >= 4 is 33.9 Å². The molecule has 0 amide bonds. The summed E-state index contributed by atoms with van der Waals surface area (Å²) in [5.74, 6) is 7.34. The molecule has 0 aromatic carbocycles. The van der Waals surface area contributed by atoms with Gasteiger partial charge in [0.1, 0.15) is 0 Å². The Balaban J connectivity index is -0.000000209. The van der Waals surface area contributed by atoms with Gasteiger partial charge in [0.15, 0.2) is 0 Å². The Morgan fingerprint density at radius 2 is 0.800 bits per heavy atom. The van der Waals surface area contributed by atoms with Crippen LogP contribution in [0.15, 0.2) is 0 Å². The van der Waals surface area contributed by atoms with Crippen molar-refractivity contribution in [2.24, 2.45) is 0 Å². The van der Waals surface area contributed by atoms with Crippen LogP contribution >= 0.6 is 0 Å². The summed E-state index contributed by atoms with van der Waals surface area (Å²) in [5, 5.41) is 0. The summed E-state index contributed by atoms with van der Waals surface area (Å²) in [4.78, 5) is 0. The molecule has 0 bridgehead atoms. The number of rotatable bonds is 4. The molecule has 0 aromatic heterocycles. The van der Waals surface area contributed by atoms with Crippen LogP contribution in [0.4, 0.5) is 0 Å². The van der Waals surface area contributed by atoms with Gasteiger partial charge in [-0.15, -0.1) is 0 Å². The minimum absolute atomic E-state index is 0. The van der Waals surface area contributed by atoms with Gasteiger partial charge in [-0.25, -0.2) is 0 Å². The molecule has 1 aliphatic carbocycles. The zero-order valence-electron chi connectivity index (χ0n) is 22.2. The fraction of sp³-hybridized carbons (Fsp3) is 0.652. The van der Waals surface area contributed by atoms with Gasteiger partial charge in [-0.3, -0.25) is 6.57 Å². The van der Waals surface area contributed by atoms with E-state index in [1.54, 1.807) is 0 Å². The van der Waals surface area contributed by atoms with E-state index in [4.69, 9.17) is 11.2 Å². The van der Waals surface area contributed by atoms with Crippen molar-refractivity contribution in [3.63, 3.8) is 0 Å².